The predicted molar refractivity (Wildman–Crippen MR) is 69.7 cm³/mol. The van der Waals surface area contributed by atoms with E-state index in [1.165, 1.54) is 11.9 Å². The van der Waals surface area contributed by atoms with Crippen LogP contribution < -0.4 is 4.74 Å². The van der Waals surface area contributed by atoms with Crippen LogP contribution >= 0.6 is 0 Å². The molecule has 7 heteroatoms. The lowest BCUT2D eigenvalue weighted by atomic mass is 10.2. The second-order valence-corrected chi connectivity index (χ2v) is 5.07. The molecule has 3 atom stereocenters. The molecule has 21 heavy (non-hydrogen) atoms. The maximum Gasteiger partial charge on any atom is 0.260 e. The van der Waals surface area contributed by atoms with Crippen LogP contribution in [0.1, 0.15) is 12.8 Å². The van der Waals surface area contributed by atoms with E-state index in [2.05, 4.69) is 0 Å². The predicted octanol–water partition coefficient (Wildman–Crippen LogP) is 0.686. The lowest BCUT2D eigenvalue weighted by Crippen LogP contribution is -2.46. The monoisotopic (exact) mass is 301 g/mol. The number of nitrogens with zero attached hydrogens (tertiary/aromatic N) is 1. The molecule has 0 bridgehead atoms. The van der Waals surface area contributed by atoms with Crippen LogP contribution in [0.25, 0.3) is 0 Å². The number of halogens is 2. The first-order chi connectivity index (χ1) is 9.90. The van der Waals surface area contributed by atoms with E-state index >= 15 is 0 Å². The van der Waals surface area contributed by atoms with Crippen LogP contribution in [0.2, 0.25) is 0 Å². The molecule has 1 aliphatic rings. The number of likely N-dealkylation sites (N-methyl/N-ethyl adjacent to an activating group) is 1. The van der Waals surface area contributed by atoms with Crippen LogP contribution in [-0.4, -0.2) is 52.9 Å². The average molecular weight is 301 g/mol. The van der Waals surface area contributed by atoms with Gasteiger partial charge in [0.1, 0.15) is 11.9 Å². The molecule has 1 saturated carbocycles. The molecule has 0 spiro atoms. The Bertz CT molecular complexity index is 526. The molecule has 0 heterocycles. The number of carbonyl (C=O) groups is 1. The summed E-state index contributed by atoms with van der Waals surface area (Å²) in [6.07, 6.45) is -0.950. The fourth-order valence-electron chi connectivity index (χ4n) is 2.38. The second-order valence-electron chi connectivity index (χ2n) is 5.07. The zero-order chi connectivity index (χ0) is 15.6. The quantitative estimate of drug-likeness (QED) is 0.858. The third-order valence-electron chi connectivity index (χ3n) is 3.68. The van der Waals surface area contributed by atoms with Crippen LogP contribution in [0.15, 0.2) is 18.2 Å². The zero-order valence-corrected chi connectivity index (χ0v) is 11.5. The highest BCUT2D eigenvalue weighted by atomic mass is 19.1. The smallest absolute Gasteiger partial charge is 0.260 e. The van der Waals surface area contributed by atoms with E-state index in [0.29, 0.717) is 18.9 Å². The van der Waals surface area contributed by atoms with Gasteiger partial charge in [0.25, 0.3) is 5.91 Å². The van der Waals surface area contributed by atoms with Gasteiger partial charge in [0.05, 0.1) is 12.1 Å². The number of ether oxygens (including phenoxy) is 1. The number of aliphatic hydroxyl groups is 2. The average Bonchev–Trinajstić information content (AvgIpc) is 2.77. The Hall–Kier alpha value is -1.73. The first-order valence-corrected chi connectivity index (χ1v) is 6.60. The molecule has 2 rings (SSSR count). The van der Waals surface area contributed by atoms with Gasteiger partial charge in [-0.2, -0.15) is 0 Å². The standard InChI is InChI=1S/C14H17F2NO4/c1-17(10-3-4-11(18)14(10)20)13(19)7-21-12-5-2-8(15)6-9(12)16/h2,5-6,10-11,14,18,20H,3-4,7H2,1H3/t10-,11-,14-/m1/s1. The molecule has 0 aliphatic heterocycles. The Labute approximate surface area is 120 Å². The SMILES string of the molecule is CN(C(=O)COc1ccc(F)cc1F)[C@@H]1CC[C@@H](O)[C@@H]1O. The van der Waals surface area contributed by atoms with Crippen molar-refractivity contribution in [3.63, 3.8) is 0 Å². The highest BCUT2D eigenvalue weighted by Gasteiger charge is 2.37. The van der Waals surface area contributed by atoms with Gasteiger partial charge < -0.3 is 19.8 Å². The molecule has 116 valence electrons. The maximum atomic E-state index is 13.4. The van der Waals surface area contributed by atoms with Gasteiger partial charge in [-0.05, 0) is 25.0 Å². The number of amides is 1. The van der Waals surface area contributed by atoms with E-state index in [1.54, 1.807) is 0 Å². The van der Waals surface area contributed by atoms with Crippen molar-refractivity contribution in [3.8, 4) is 5.75 Å². The summed E-state index contributed by atoms with van der Waals surface area (Å²) in [5, 5.41) is 19.2. The van der Waals surface area contributed by atoms with E-state index in [4.69, 9.17) is 4.74 Å². The van der Waals surface area contributed by atoms with Crippen molar-refractivity contribution in [2.45, 2.75) is 31.1 Å². The molecule has 1 aliphatic carbocycles. The summed E-state index contributed by atoms with van der Waals surface area (Å²) in [6, 6.07) is 2.31. The number of hydrogen-bond donors (Lipinski definition) is 2. The van der Waals surface area contributed by atoms with Crippen LogP contribution in [0, 0.1) is 11.6 Å². The summed E-state index contributed by atoms with van der Waals surface area (Å²) in [7, 11) is 1.48. The third kappa shape index (κ3) is 3.48. The topological polar surface area (TPSA) is 70.0 Å². The van der Waals surface area contributed by atoms with E-state index < -0.39 is 42.4 Å². The molecule has 1 aromatic carbocycles. The van der Waals surface area contributed by atoms with Crippen molar-refractivity contribution in [1.82, 2.24) is 4.90 Å². The van der Waals surface area contributed by atoms with E-state index in [0.717, 1.165) is 12.1 Å². The molecular formula is C14H17F2NO4. The summed E-state index contributed by atoms with van der Waals surface area (Å²) in [5.74, 6) is -2.30. The Morgan fingerprint density at radius 1 is 1.38 bits per heavy atom. The fourth-order valence-corrected chi connectivity index (χ4v) is 2.38. The molecule has 0 aromatic heterocycles. The molecule has 0 radical (unpaired) electrons. The number of rotatable bonds is 4. The highest BCUT2D eigenvalue weighted by Crippen LogP contribution is 2.24. The molecular weight excluding hydrogens is 284 g/mol. The fraction of sp³-hybridized carbons (Fsp3) is 0.500. The van der Waals surface area contributed by atoms with Gasteiger partial charge in [-0.1, -0.05) is 0 Å². The summed E-state index contributed by atoms with van der Waals surface area (Å²) in [6.45, 7) is -0.432. The van der Waals surface area contributed by atoms with Gasteiger partial charge in [0, 0.05) is 13.1 Å². The van der Waals surface area contributed by atoms with Crippen LogP contribution in [0.5, 0.6) is 5.75 Å². The zero-order valence-electron chi connectivity index (χ0n) is 11.5. The van der Waals surface area contributed by atoms with E-state index in [1.807, 2.05) is 0 Å². The second kappa shape index (κ2) is 6.36. The molecule has 0 unspecified atom stereocenters. The summed E-state index contributed by atoms with van der Waals surface area (Å²) in [5.41, 5.74) is 0. The van der Waals surface area contributed by atoms with Gasteiger partial charge in [-0.3, -0.25) is 4.79 Å². The van der Waals surface area contributed by atoms with Crippen molar-refractivity contribution >= 4 is 5.91 Å². The van der Waals surface area contributed by atoms with Crippen molar-refractivity contribution in [1.29, 1.82) is 0 Å². The van der Waals surface area contributed by atoms with Crippen molar-refractivity contribution in [3.05, 3.63) is 29.8 Å². The lowest BCUT2D eigenvalue weighted by Gasteiger charge is -2.27. The maximum absolute atomic E-state index is 13.4. The molecule has 5 nitrogen and oxygen atoms in total. The van der Waals surface area contributed by atoms with Crippen LogP contribution in [-0.2, 0) is 4.79 Å². The molecule has 1 fully saturated rings. The van der Waals surface area contributed by atoms with Gasteiger partial charge >= 0.3 is 0 Å². The minimum Gasteiger partial charge on any atom is -0.481 e. The number of carbonyl (C=O) groups excluding carboxylic acids is 1. The van der Waals surface area contributed by atoms with Gasteiger partial charge in [0.2, 0.25) is 0 Å². The first-order valence-electron chi connectivity index (χ1n) is 6.60. The van der Waals surface area contributed by atoms with Crippen molar-refractivity contribution < 1.29 is 28.5 Å². The van der Waals surface area contributed by atoms with E-state index in [9.17, 15) is 23.8 Å². The number of benzene rings is 1. The summed E-state index contributed by atoms with van der Waals surface area (Å²) >= 11 is 0. The third-order valence-corrected chi connectivity index (χ3v) is 3.68. The van der Waals surface area contributed by atoms with Gasteiger partial charge in [-0.25, -0.2) is 8.78 Å². The van der Waals surface area contributed by atoms with Gasteiger partial charge in [0.15, 0.2) is 18.2 Å². The minimum absolute atomic E-state index is 0.217. The number of aliphatic hydroxyl groups excluding tert-OH is 2. The first kappa shape index (κ1) is 15.7. The van der Waals surface area contributed by atoms with E-state index in [-0.39, 0.29) is 5.75 Å². The van der Waals surface area contributed by atoms with Crippen molar-refractivity contribution in [2.75, 3.05) is 13.7 Å². The van der Waals surface area contributed by atoms with Crippen LogP contribution in [0.3, 0.4) is 0 Å². The molecule has 2 N–H and O–H groups in total. The Balaban J connectivity index is 1.92. The Morgan fingerprint density at radius 2 is 2.10 bits per heavy atom. The number of hydrogen-bond acceptors (Lipinski definition) is 4. The Morgan fingerprint density at radius 3 is 2.67 bits per heavy atom. The summed E-state index contributed by atoms with van der Waals surface area (Å²) < 4.78 is 31.1. The van der Waals surface area contributed by atoms with Gasteiger partial charge in [-0.15, -0.1) is 0 Å². The summed E-state index contributed by atoms with van der Waals surface area (Å²) in [4.78, 5) is 13.2. The van der Waals surface area contributed by atoms with Crippen LogP contribution in [0.4, 0.5) is 8.78 Å². The molecule has 1 amide bonds. The highest BCUT2D eigenvalue weighted by molar-refractivity contribution is 5.78. The van der Waals surface area contributed by atoms with Crippen molar-refractivity contribution in [2.24, 2.45) is 0 Å². The largest absolute Gasteiger partial charge is 0.481 e. The Kier molecular flexibility index (Phi) is 4.74. The molecule has 1 aromatic rings. The minimum atomic E-state index is -0.999. The lowest BCUT2D eigenvalue weighted by molar-refractivity contribution is -0.136. The molecule has 0 saturated heterocycles. The normalized spacial score (nSPS) is 24.9.